The van der Waals surface area contributed by atoms with Gasteiger partial charge >= 0.3 is 41.5 Å². The fourth-order valence-corrected chi connectivity index (χ4v) is 10.8. The number of ether oxygens (including phenoxy) is 5. The standard InChI is InChI=1S/C55H104O16S.Na/c1-6-8-10-12-14-16-18-20-21-22-24-25-27-29-31-33-35-41(3)37-42(4)38-43(5)53(62)69-50-48(60)45(40-57)67-55(70-54-51(71-72(63,64)65)49(61)47(59)44(39-56)66-54)52(50)68-46(58)36-34-32-30-28-26-23-19-17-15-13-11-9-7-2;/h41-45,47-52,54-57,59-61H,6-40H2,1-5H3,(H,63,64,65);/q;+1/p-1/t41-,42-,43-,44+,45+,47+,48+,49-,50-,51+,52+,54+,55+;/m0./s1. The Bertz CT molecular complexity index is 1480. The largest absolute Gasteiger partial charge is 1.00 e. The SMILES string of the molecule is CCCCCCCCCCCCCCCCCC[C@H](C)C[C@H](C)C[C@H](C)C(=O)O[C@H]1[C@H](O)[C@@H](CO)O[C@H](O[C@H]2O[C@H](CO)[C@@H](O)[C@H](O)[C@H]2OS(=O)(=O)[O-])[C@@H]1OC(=O)CCCCCCCCCCCCCCC.[Na+]. The van der Waals surface area contributed by atoms with Crippen molar-refractivity contribution in [3.05, 3.63) is 0 Å². The Morgan fingerprint density at radius 2 is 0.918 bits per heavy atom. The van der Waals surface area contributed by atoms with Gasteiger partial charge in [-0.25, -0.2) is 8.42 Å². The van der Waals surface area contributed by atoms with Crippen molar-refractivity contribution in [3.8, 4) is 0 Å². The summed E-state index contributed by atoms with van der Waals surface area (Å²) < 4.78 is 68.7. The molecule has 2 aliphatic rings. The van der Waals surface area contributed by atoms with E-state index in [9.17, 15) is 48.1 Å². The molecule has 18 heteroatoms. The molecule has 2 saturated heterocycles. The molecule has 0 saturated carbocycles. The topological polar surface area (TPSA) is 248 Å². The van der Waals surface area contributed by atoms with Crippen LogP contribution in [0.1, 0.15) is 247 Å². The molecule has 0 unspecified atom stereocenters. The van der Waals surface area contributed by atoms with E-state index in [1.165, 1.54) is 148 Å². The Morgan fingerprint density at radius 3 is 1.34 bits per heavy atom. The van der Waals surface area contributed by atoms with Crippen LogP contribution in [-0.2, 0) is 47.9 Å². The van der Waals surface area contributed by atoms with Crippen LogP contribution in [-0.4, -0.2) is 125 Å². The summed E-state index contributed by atoms with van der Waals surface area (Å²) in [6.45, 7) is 8.78. The normalized spacial score (nSPS) is 25.7. The summed E-state index contributed by atoms with van der Waals surface area (Å²) in [7, 11) is -5.55. The van der Waals surface area contributed by atoms with Crippen LogP contribution in [0.15, 0.2) is 0 Å². The van der Waals surface area contributed by atoms with Gasteiger partial charge < -0.3 is 53.8 Å². The van der Waals surface area contributed by atoms with Crippen molar-refractivity contribution < 1.29 is 106 Å². The van der Waals surface area contributed by atoms with Crippen molar-refractivity contribution in [2.45, 2.75) is 308 Å². The number of unbranched alkanes of at least 4 members (excludes halogenated alkanes) is 27. The molecule has 2 aliphatic heterocycles. The molecule has 13 atom stereocenters. The Hall–Kier alpha value is -0.510. The van der Waals surface area contributed by atoms with Crippen LogP contribution in [0, 0.1) is 17.8 Å². The fraction of sp³-hybridized carbons (Fsp3) is 0.964. The Balaban J connectivity index is 0.0000266. The van der Waals surface area contributed by atoms with E-state index in [-0.39, 0.29) is 41.9 Å². The van der Waals surface area contributed by atoms with Gasteiger partial charge in [0.2, 0.25) is 16.7 Å². The third-order valence-electron chi connectivity index (χ3n) is 14.6. The number of aliphatic hydroxyl groups is 5. The van der Waals surface area contributed by atoms with E-state index in [4.69, 9.17) is 23.7 Å². The maximum Gasteiger partial charge on any atom is 1.00 e. The van der Waals surface area contributed by atoms with Crippen LogP contribution in [0.4, 0.5) is 0 Å². The molecule has 0 aliphatic carbocycles. The molecule has 0 bridgehead atoms. The Morgan fingerprint density at radius 1 is 0.521 bits per heavy atom. The summed E-state index contributed by atoms with van der Waals surface area (Å²) in [5, 5.41) is 52.9. The van der Waals surface area contributed by atoms with Crippen LogP contribution in [0.2, 0.25) is 0 Å². The zero-order chi connectivity index (χ0) is 53.2. The maximum absolute atomic E-state index is 13.9. The van der Waals surface area contributed by atoms with Gasteiger partial charge in [-0.2, -0.15) is 0 Å². The molecule has 2 fully saturated rings. The second-order valence-electron chi connectivity index (χ2n) is 21.6. The van der Waals surface area contributed by atoms with Crippen molar-refractivity contribution in [2.24, 2.45) is 17.8 Å². The molecule has 2 heterocycles. The van der Waals surface area contributed by atoms with E-state index in [2.05, 4.69) is 31.9 Å². The minimum Gasteiger partial charge on any atom is -0.726 e. The minimum atomic E-state index is -5.55. The summed E-state index contributed by atoms with van der Waals surface area (Å²) in [5.74, 6) is -1.52. The molecule has 73 heavy (non-hydrogen) atoms. The van der Waals surface area contributed by atoms with Crippen LogP contribution >= 0.6 is 0 Å². The van der Waals surface area contributed by atoms with Gasteiger partial charge in [-0.05, 0) is 31.1 Å². The van der Waals surface area contributed by atoms with E-state index in [1.54, 1.807) is 6.92 Å². The van der Waals surface area contributed by atoms with Gasteiger partial charge in [0.25, 0.3) is 0 Å². The maximum atomic E-state index is 13.9. The number of rotatable bonds is 44. The van der Waals surface area contributed by atoms with Gasteiger partial charge in [0.05, 0.1) is 19.1 Å². The molecule has 0 spiro atoms. The summed E-state index contributed by atoms with van der Waals surface area (Å²) in [6, 6.07) is 0. The summed E-state index contributed by atoms with van der Waals surface area (Å²) >= 11 is 0. The monoisotopic (exact) mass is 1070 g/mol. The summed E-state index contributed by atoms with van der Waals surface area (Å²) in [6.07, 6.45) is 19.4. The third kappa shape index (κ3) is 31.0. The molecule has 0 amide bonds. The van der Waals surface area contributed by atoms with E-state index >= 15 is 0 Å². The first-order valence-corrected chi connectivity index (χ1v) is 30.2. The second-order valence-corrected chi connectivity index (χ2v) is 22.6. The number of hydrogen-bond acceptors (Lipinski definition) is 16. The van der Waals surface area contributed by atoms with E-state index in [1.807, 2.05) is 0 Å². The third-order valence-corrected chi connectivity index (χ3v) is 15.1. The molecule has 2 rings (SSSR count). The predicted octanol–water partition coefficient (Wildman–Crippen LogP) is 7.01. The number of carbonyl (C=O) groups excluding carboxylic acids is 2. The first-order chi connectivity index (χ1) is 34.6. The molecule has 0 aromatic rings. The van der Waals surface area contributed by atoms with Crippen LogP contribution < -0.4 is 29.6 Å². The first kappa shape index (κ1) is 70.5. The predicted molar refractivity (Wildman–Crippen MR) is 276 cm³/mol. The van der Waals surface area contributed by atoms with Crippen LogP contribution in [0.3, 0.4) is 0 Å². The number of hydrogen-bond donors (Lipinski definition) is 5. The van der Waals surface area contributed by atoms with E-state index in [0.29, 0.717) is 18.8 Å². The quantitative estimate of drug-likeness (QED) is 0.0135. The molecule has 16 nitrogen and oxygen atoms in total. The van der Waals surface area contributed by atoms with E-state index in [0.717, 1.165) is 44.9 Å². The smallest absolute Gasteiger partial charge is 0.726 e. The van der Waals surface area contributed by atoms with Gasteiger partial charge in [-0.15, -0.1) is 0 Å². The second kappa shape index (κ2) is 42.4. The summed E-state index contributed by atoms with van der Waals surface area (Å²) in [5.41, 5.74) is 0. The van der Waals surface area contributed by atoms with Gasteiger partial charge in [0.1, 0.15) is 30.5 Å². The molecular weight excluding hydrogens is 972 g/mol. The molecule has 0 radical (unpaired) electrons. The van der Waals surface area contributed by atoms with Gasteiger partial charge in [0.15, 0.2) is 24.6 Å². The van der Waals surface area contributed by atoms with Crippen molar-refractivity contribution in [2.75, 3.05) is 13.2 Å². The molecule has 0 aromatic heterocycles. The zero-order valence-corrected chi connectivity index (χ0v) is 49.2. The van der Waals surface area contributed by atoms with Gasteiger partial charge in [-0.1, -0.05) is 221 Å². The van der Waals surface area contributed by atoms with Crippen molar-refractivity contribution >= 4 is 22.3 Å². The minimum absolute atomic E-state index is 0. The Labute approximate surface area is 464 Å². The Kier molecular flexibility index (Phi) is 41.0. The fourth-order valence-electron chi connectivity index (χ4n) is 10.3. The number of carbonyl (C=O) groups is 2. The zero-order valence-electron chi connectivity index (χ0n) is 46.4. The van der Waals surface area contributed by atoms with Crippen molar-refractivity contribution in [3.63, 3.8) is 0 Å². The van der Waals surface area contributed by atoms with Crippen LogP contribution in [0.5, 0.6) is 0 Å². The first-order valence-electron chi connectivity index (χ1n) is 28.8. The molecular formula is C55H103NaO16S. The molecule has 426 valence electrons. The van der Waals surface area contributed by atoms with Crippen LogP contribution in [0.25, 0.3) is 0 Å². The number of aliphatic hydroxyl groups excluding tert-OH is 5. The average Bonchev–Trinajstić information content (AvgIpc) is 3.33. The van der Waals surface area contributed by atoms with Crippen molar-refractivity contribution in [1.82, 2.24) is 0 Å². The molecule has 5 N–H and O–H groups in total. The van der Waals surface area contributed by atoms with E-state index < -0.39 is 103 Å². The molecule has 0 aromatic carbocycles. The van der Waals surface area contributed by atoms with Gasteiger partial charge in [0, 0.05) is 6.42 Å². The summed E-state index contributed by atoms with van der Waals surface area (Å²) in [4.78, 5) is 27.4. The average molecular weight is 1080 g/mol. The number of esters is 2. The van der Waals surface area contributed by atoms with Gasteiger partial charge in [-0.3, -0.25) is 13.8 Å². The van der Waals surface area contributed by atoms with Crippen molar-refractivity contribution in [1.29, 1.82) is 0 Å².